The number of nitrogens with zero attached hydrogens (tertiary/aromatic N) is 2. The number of carboxylic acid groups (broad SMARTS) is 1. The van der Waals surface area contributed by atoms with Crippen molar-refractivity contribution in [3.8, 4) is 11.3 Å². The molecule has 0 bridgehead atoms. The Bertz CT molecular complexity index is 1080. The summed E-state index contributed by atoms with van der Waals surface area (Å²) in [7, 11) is 0. The molecule has 1 aromatic heterocycles. The summed E-state index contributed by atoms with van der Waals surface area (Å²) in [6.07, 6.45) is 0. The van der Waals surface area contributed by atoms with Crippen molar-refractivity contribution in [3.63, 3.8) is 0 Å². The number of aryl methyl sites for hydroxylation is 1. The van der Waals surface area contributed by atoms with Crippen LogP contribution in [0.15, 0.2) is 22.7 Å². The second-order valence-electron chi connectivity index (χ2n) is 7.61. The number of aliphatic carboxylic acids is 1. The van der Waals surface area contributed by atoms with Crippen molar-refractivity contribution in [1.29, 1.82) is 0 Å². The molecule has 2 N–H and O–H groups in total. The maximum Gasteiger partial charge on any atom is 1.00 e. The Morgan fingerprint density at radius 1 is 1.42 bits per heavy atom. The van der Waals surface area contributed by atoms with Crippen molar-refractivity contribution < 1.29 is 59.4 Å². The van der Waals surface area contributed by atoms with Gasteiger partial charge >= 0.3 is 35.5 Å². The van der Waals surface area contributed by atoms with Crippen LogP contribution in [0.4, 0.5) is 4.39 Å². The van der Waals surface area contributed by atoms with Gasteiger partial charge in [-0.1, -0.05) is 22.8 Å². The number of carboxylic acids is 1. The molecule has 2 aromatic rings. The van der Waals surface area contributed by atoms with E-state index < -0.39 is 45.8 Å². The molecular formula is C19H18ClFN3NaO5S. The number of rotatable bonds is 4. The maximum atomic E-state index is 14.4. The molecule has 2 amide bonds. The average molecular weight is 478 g/mol. The minimum absolute atomic E-state index is 0. The predicted octanol–water partition coefficient (Wildman–Crippen LogP) is -0.196. The summed E-state index contributed by atoms with van der Waals surface area (Å²) in [4.78, 5) is 38.5. The van der Waals surface area contributed by atoms with Crippen molar-refractivity contribution in [2.75, 3.05) is 0 Å². The average Bonchev–Trinajstić information content (AvgIpc) is 3.14. The number of aromatic nitrogens is 1. The molecule has 0 aliphatic carbocycles. The van der Waals surface area contributed by atoms with Gasteiger partial charge in [0.25, 0.3) is 5.91 Å². The largest absolute Gasteiger partial charge is 1.00 e. The molecule has 31 heavy (non-hydrogen) atoms. The fraction of sp³-hybridized carbons (Fsp3) is 0.368. The van der Waals surface area contributed by atoms with Crippen LogP contribution >= 0.6 is 23.4 Å². The fourth-order valence-corrected chi connectivity index (χ4v) is 5.77. The van der Waals surface area contributed by atoms with Crippen molar-refractivity contribution in [2.45, 2.75) is 43.0 Å². The zero-order chi connectivity index (χ0) is 22.0. The molecular weight excluding hydrogens is 460 g/mol. The van der Waals surface area contributed by atoms with Gasteiger partial charge in [0.2, 0.25) is 5.91 Å². The summed E-state index contributed by atoms with van der Waals surface area (Å²) in [5.74, 6) is -2.81. The van der Waals surface area contributed by atoms with E-state index in [1.165, 1.54) is 41.8 Å². The van der Waals surface area contributed by atoms with E-state index in [1.807, 2.05) is 0 Å². The van der Waals surface area contributed by atoms with Gasteiger partial charge in [0.1, 0.15) is 40.3 Å². The summed E-state index contributed by atoms with van der Waals surface area (Å²) in [6, 6.07) is 2.17. The predicted molar refractivity (Wildman–Crippen MR) is 108 cm³/mol. The number of carbonyl (C=O) groups is 3. The number of nitrogens with one attached hydrogen (secondary N) is 1. The standard InChI is InChI=1S/C19H17ClFN3O5S.Na.H/c1-7-10(12(23-29-7)11-8(20)5-4-6-9(11)21)15(25)22-13-16(26)24-14(18(27)28)19(2,3)30-17(13)24;;/h4-6,13-14,17H,1-3H3,(H,22,25)(H,27,28);;/q;+1;-1/t13-,14+,17-;;/m1../s1. The van der Waals surface area contributed by atoms with Gasteiger partial charge in [0.05, 0.1) is 10.6 Å². The number of thioether (sulfide) groups is 1. The minimum atomic E-state index is -1.10. The molecule has 0 radical (unpaired) electrons. The van der Waals surface area contributed by atoms with Crippen molar-refractivity contribution in [3.05, 3.63) is 40.4 Å². The molecule has 160 valence electrons. The van der Waals surface area contributed by atoms with Crippen LogP contribution in [0.1, 0.15) is 31.4 Å². The molecule has 0 unspecified atom stereocenters. The van der Waals surface area contributed by atoms with Crippen molar-refractivity contribution in [1.82, 2.24) is 15.4 Å². The molecule has 0 spiro atoms. The Hall–Kier alpha value is -1.59. The first-order valence-electron chi connectivity index (χ1n) is 8.99. The van der Waals surface area contributed by atoms with Gasteiger partial charge in [-0.05, 0) is 32.9 Å². The van der Waals surface area contributed by atoms with E-state index in [9.17, 15) is 23.9 Å². The van der Waals surface area contributed by atoms with Gasteiger partial charge in [0.15, 0.2) is 0 Å². The van der Waals surface area contributed by atoms with E-state index in [4.69, 9.17) is 16.1 Å². The first kappa shape index (κ1) is 24.1. The third-order valence-corrected chi connectivity index (χ3v) is 7.14. The number of benzene rings is 1. The van der Waals surface area contributed by atoms with Crippen LogP contribution in [0, 0.1) is 12.7 Å². The van der Waals surface area contributed by atoms with Crippen LogP contribution in [-0.2, 0) is 9.59 Å². The molecule has 3 heterocycles. The smallest absolute Gasteiger partial charge is 1.00 e. The van der Waals surface area contributed by atoms with Gasteiger partial charge < -0.3 is 21.3 Å². The number of hydrogen-bond donors (Lipinski definition) is 2. The number of halogens is 2. The van der Waals surface area contributed by atoms with Gasteiger partial charge in [-0.25, -0.2) is 9.18 Å². The van der Waals surface area contributed by atoms with Crippen LogP contribution < -0.4 is 34.9 Å². The molecule has 2 aliphatic rings. The first-order valence-corrected chi connectivity index (χ1v) is 10.2. The van der Waals surface area contributed by atoms with Crippen molar-refractivity contribution in [2.24, 2.45) is 0 Å². The quantitative estimate of drug-likeness (QED) is 0.463. The van der Waals surface area contributed by atoms with E-state index in [-0.39, 0.29) is 58.6 Å². The van der Waals surface area contributed by atoms with Crippen LogP contribution in [-0.4, -0.2) is 55.2 Å². The maximum absolute atomic E-state index is 14.4. The molecule has 2 saturated heterocycles. The first-order chi connectivity index (χ1) is 14.0. The molecule has 2 aliphatic heterocycles. The molecule has 3 atom stereocenters. The third-order valence-electron chi connectivity index (χ3n) is 5.25. The molecule has 1 aromatic carbocycles. The zero-order valence-electron chi connectivity index (χ0n) is 18.1. The fourth-order valence-electron chi connectivity index (χ4n) is 3.89. The second kappa shape index (κ2) is 8.40. The van der Waals surface area contributed by atoms with E-state index in [0.29, 0.717) is 0 Å². The minimum Gasteiger partial charge on any atom is -1.00 e. The SMILES string of the molecule is Cc1onc(-c2c(F)cccc2Cl)c1C(=O)N[C@@H]1C(=O)N2[C@@H]1SC(C)(C)[C@@H]2C(=O)O.[H-].[Na+]. The van der Waals surface area contributed by atoms with E-state index in [1.54, 1.807) is 13.8 Å². The van der Waals surface area contributed by atoms with Crippen LogP contribution in [0.5, 0.6) is 0 Å². The van der Waals surface area contributed by atoms with Crippen LogP contribution in [0.25, 0.3) is 11.3 Å². The van der Waals surface area contributed by atoms with Gasteiger partial charge in [0, 0.05) is 4.75 Å². The van der Waals surface area contributed by atoms with Crippen molar-refractivity contribution >= 4 is 41.1 Å². The summed E-state index contributed by atoms with van der Waals surface area (Å²) >= 11 is 7.40. The molecule has 2 fully saturated rings. The van der Waals surface area contributed by atoms with E-state index in [0.717, 1.165) is 0 Å². The van der Waals surface area contributed by atoms with E-state index in [2.05, 4.69) is 10.5 Å². The Kier molecular flexibility index (Phi) is 6.52. The Morgan fingerprint density at radius 3 is 2.71 bits per heavy atom. The number of fused-ring (bicyclic) bond motifs is 1. The second-order valence-corrected chi connectivity index (χ2v) is 9.79. The summed E-state index contributed by atoms with van der Waals surface area (Å²) in [6.45, 7) is 4.97. The monoisotopic (exact) mass is 477 g/mol. The Labute approximate surface area is 209 Å². The topological polar surface area (TPSA) is 113 Å². The zero-order valence-corrected chi connectivity index (χ0v) is 20.7. The number of hydrogen-bond acceptors (Lipinski definition) is 6. The van der Waals surface area contributed by atoms with Crippen LogP contribution in [0.3, 0.4) is 0 Å². The molecule has 4 rings (SSSR count). The summed E-state index contributed by atoms with van der Waals surface area (Å²) < 4.78 is 18.7. The Balaban J connectivity index is 0.00000181. The van der Waals surface area contributed by atoms with Gasteiger partial charge in [-0.3, -0.25) is 9.59 Å². The number of amides is 2. The Morgan fingerprint density at radius 2 is 2.10 bits per heavy atom. The number of carbonyl (C=O) groups excluding carboxylic acids is 2. The molecule has 8 nitrogen and oxygen atoms in total. The van der Waals surface area contributed by atoms with Crippen LogP contribution in [0.2, 0.25) is 5.02 Å². The molecule has 0 saturated carbocycles. The molecule has 12 heteroatoms. The summed E-state index contributed by atoms with van der Waals surface area (Å²) in [5, 5.41) is 15.4. The third kappa shape index (κ3) is 3.78. The van der Waals surface area contributed by atoms with E-state index >= 15 is 0 Å². The van der Waals surface area contributed by atoms with Gasteiger partial charge in [-0.2, -0.15) is 0 Å². The summed E-state index contributed by atoms with van der Waals surface area (Å²) in [5.41, 5.74) is -0.185. The van der Waals surface area contributed by atoms with Gasteiger partial charge in [-0.15, -0.1) is 11.8 Å². The number of β-lactam (4-membered cyclic amide) rings is 1. The normalized spacial score (nSPS) is 23.6.